The average molecular weight is 329 g/mol. The van der Waals surface area contributed by atoms with Crippen molar-refractivity contribution in [2.45, 2.75) is 39.2 Å². The minimum Gasteiger partial charge on any atom is -0.344 e. The van der Waals surface area contributed by atoms with Gasteiger partial charge in [0.25, 0.3) is 0 Å². The van der Waals surface area contributed by atoms with Crippen LogP contribution in [0.2, 0.25) is 0 Å². The smallest absolute Gasteiger partial charge is 0.249 e. The number of hydrogen-bond donors (Lipinski definition) is 1. The maximum Gasteiger partial charge on any atom is 0.249 e. The molecule has 4 rings (SSSR count). The molecule has 0 saturated heterocycles. The quantitative estimate of drug-likeness (QED) is 0.933. The number of nitrogens with zero attached hydrogens (tertiary/aromatic N) is 2. The third-order valence-corrected chi connectivity index (χ3v) is 5.30. The highest BCUT2D eigenvalue weighted by Gasteiger charge is 2.56. The maximum absolute atomic E-state index is 13.4. The first kappa shape index (κ1) is 15.3. The van der Waals surface area contributed by atoms with Gasteiger partial charge in [0.1, 0.15) is 11.9 Å². The Morgan fingerprint density at radius 3 is 2.83 bits per heavy atom. The van der Waals surface area contributed by atoms with Gasteiger partial charge in [0, 0.05) is 11.5 Å². The number of carbonyl (C=O) groups is 1. The van der Waals surface area contributed by atoms with Crippen LogP contribution < -0.4 is 5.32 Å². The summed E-state index contributed by atoms with van der Waals surface area (Å²) in [4.78, 5) is 16.7. The van der Waals surface area contributed by atoms with E-state index in [1.54, 1.807) is 19.1 Å². The summed E-state index contributed by atoms with van der Waals surface area (Å²) >= 11 is 0. The van der Waals surface area contributed by atoms with Crippen LogP contribution in [-0.4, -0.2) is 16.0 Å². The summed E-state index contributed by atoms with van der Waals surface area (Å²) in [6.45, 7) is 3.53. The number of halogens is 1. The summed E-state index contributed by atoms with van der Waals surface area (Å²) in [5.74, 6) is 1.93. The van der Waals surface area contributed by atoms with Crippen molar-refractivity contribution >= 4 is 5.91 Å². The highest BCUT2D eigenvalue weighted by atomic mass is 19.1. The lowest BCUT2D eigenvalue weighted by Gasteiger charge is -2.10. The van der Waals surface area contributed by atoms with E-state index in [2.05, 4.69) is 15.5 Å². The number of hydrogen-bond acceptors (Lipinski definition) is 4. The average Bonchev–Trinajstić information content (AvgIpc) is 2.96. The molecule has 1 N–H and O–H groups in total. The van der Waals surface area contributed by atoms with Gasteiger partial charge in [0.2, 0.25) is 17.6 Å². The fraction of sp³-hybridized carbons (Fsp3) is 0.500. The van der Waals surface area contributed by atoms with E-state index in [0.29, 0.717) is 34.7 Å². The molecule has 0 spiro atoms. The Morgan fingerprint density at radius 1 is 1.38 bits per heavy atom. The second-order valence-corrected chi connectivity index (χ2v) is 6.93. The van der Waals surface area contributed by atoms with E-state index in [1.165, 1.54) is 25.3 Å². The van der Waals surface area contributed by atoms with Crippen LogP contribution in [0.4, 0.5) is 4.39 Å². The summed E-state index contributed by atoms with van der Waals surface area (Å²) in [6, 6.07) is 4.35. The molecule has 2 fully saturated rings. The molecule has 126 valence electrons. The Labute approximate surface area is 139 Å². The van der Waals surface area contributed by atoms with Crippen molar-refractivity contribution in [3.8, 4) is 11.4 Å². The number of amides is 1. The van der Waals surface area contributed by atoms with Crippen LogP contribution in [0, 0.1) is 30.5 Å². The topological polar surface area (TPSA) is 68.0 Å². The van der Waals surface area contributed by atoms with Crippen LogP contribution in [0.3, 0.4) is 0 Å². The van der Waals surface area contributed by atoms with E-state index in [0.717, 1.165) is 0 Å². The van der Waals surface area contributed by atoms with Crippen LogP contribution in [0.5, 0.6) is 0 Å². The zero-order valence-electron chi connectivity index (χ0n) is 13.8. The highest BCUT2D eigenvalue weighted by Crippen LogP contribution is 2.57. The number of aromatic nitrogens is 2. The summed E-state index contributed by atoms with van der Waals surface area (Å²) in [6.07, 6.45) is 3.59. The molecular weight excluding hydrogens is 309 g/mol. The molecule has 0 radical (unpaired) electrons. The van der Waals surface area contributed by atoms with Crippen LogP contribution in [-0.2, 0) is 4.79 Å². The number of nitrogens with one attached hydrogen (secondary N) is 1. The first-order chi connectivity index (χ1) is 11.5. The molecule has 5 nitrogen and oxygen atoms in total. The monoisotopic (exact) mass is 329 g/mol. The standard InChI is InChI=1S/C18H20FN3O2/c1-9-8-11(6-7-14(9)19)16-21-18(24-22-16)10(2)20-17(23)15-12-4-3-5-13(12)15/h6-8,10,12-13,15H,3-5H2,1-2H3,(H,20,23). The van der Waals surface area contributed by atoms with Crippen molar-refractivity contribution in [3.05, 3.63) is 35.5 Å². The molecule has 3 unspecified atom stereocenters. The molecule has 3 atom stereocenters. The number of fused-ring (bicyclic) bond motifs is 1. The molecule has 1 amide bonds. The molecule has 1 aromatic heterocycles. The first-order valence-electron chi connectivity index (χ1n) is 8.45. The predicted molar refractivity (Wildman–Crippen MR) is 85.3 cm³/mol. The summed E-state index contributed by atoms with van der Waals surface area (Å²) < 4.78 is 18.6. The molecule has 2 aliphatic carbocycles. The normalized spacial score (nSPS) is 26.0. The zero-order valence-corrected chi connectivity index (χ0v) is 13.8. The molecule has 24 heavy (non-hydrogen) atoms. The van der Waals surface area contributed by atoms with Gasteiger partial charge in [0.05, 0.1) is 0 Å². The number of rotatable bonds is 4. The fourth-order valence-electron chi connectivity index (χ4n) is 3.89. The molecule has 0 aliphatic heterocycles. The minimum absolute atomic E-state index is 0.0922. The fourth-order valence-corrected chi connectivity index (χ4v) is 3.89. The van der Waals surface area contributed by atoms with Crippen molar-refractivity contribution in [1.82, 2.24) is 15.5 Å². The van der Waals surface area contributed by atoms with Gasteiger partial charge in [-0.1, -0.05) is 11.6 Å². The van der Waals surface area contributed by atoms with Crippen LogP contribution in [0.15, 0.2) is 22.7 Å². The largest absolute Gasteiger partial charge is 0.344 e. The van der Waals surface area contributed by atoms with Crippen molar-refractivity contribution in [2.75, 3.05) is 0 Å². The third kappa shape index (κ3) is 2.60. The Hall–Kier alpha value is -2.24. The van der Waals surface area contributed by atoms with Crippen molar-refractivity contribution < 1.29 is 13.7 Å². The number of carbonyl (C=O) groups excluding carboxylic acids is 1. The molecular formula is C18H20FN3O2. The maximum atomic E-state index is 13.4. The second-order valence-electron chi connectivity index (χ2n) is 6.93. The molecule has 2 aromatic rings. The Balaban J connectivity index is 1.44. The molecule has 1 aromatic carbocycles. The minimum atomic E-state index is -0.332. The van der Waals surface area contributed by atoms with Crippen molar-refractivity contribution in [2.24, 2.45) is 17.8 Å². The van der Waals surface area contributed by atoms with Gasteiger partial charge in [-0.25, -0.2) is 4.39 Å². The summed E-state index contributed by atoms with van der Waals surface area (Å²) in [7, 11) is 0. The van der Waals surface area contributed by atoms with Gasteiger partial charge in [-0.3, -0.25) is 4.79 Å². The Bertz CT molecular complexity index is 778. The summed E-state index contributed by atoms with van der Waals surface area (Å²) in [5.41, 5.74) is 1.22. The summed E-state index contributed by atoms with van der Waals surface area (Å²) in [5, 5.41) is 6.92. The third-order valence-electron chi connectivity index (χ3n) is 5.30. The first-order valence-corrected chi connectivity index (χ1v) is 8.45. The van der Waals surface area contributed by atoms with E-state index in [4.69, 9.17) is 4.52 Å². The highest BCUT2D eigenvalue weighted by molar-refractivity contribution is 5.82. The Morgan fingerprint density at radius 2 is 2.12 bits per heavy atom. The van der Waals surface area contributed by atoms with Crippen LogP contribution >= 0.6 is 0 Å². The number of benzene rings is 1. The Kier molecular flexibility index (Phi) is 3.62. The van der Waals surface area contributed by atoms with Gasteiger partial charge >= 0.3 is 0 Å². The SMILES string of the molecule is Cc1cc(-c2noc(C(C)NC(=O)C3C4CCCC43)n2)ccc1F. The van der Waals surface area contributed by atoms with Crippen molar-refractivity contribution in [1.29, 1.82) is 0 Å². The predicted octanol–water partition coefficient (Wildman–Crippen LogP) is 3.41. The van der Waals surface area contributed by atoms with Crippen LogP contribution in [0.1, 0.15) is 43.7 Å². The van der Waals surface area contributed by atoms with Gasteiger partial charge in [-0.05, 0) is 62.3 Å². The van der Waals surface area contributed by atoms with Gasteiger partial charge in [0.15, 0.2) is 0 Å². The van der Waals surface area contributed by atoms with E-state index in [9.17, 15) is 9.18 Å². The lowest BCUT2D eigenvalue weighted by atomic mass is 10.1. The van der Waals surface area contributed by atoms with E-state index < -0.39 is 0 Å². The van der Waals surface area contributed by atoms with Crippen LogP contribution in [0.25, 0.3) is 11.4 Å². The molecule has 2 aliphatic rings. The molecule has 0 bridgehead atoms. The van der Waals surface area contributed by atoms with E-state index in [-0.39, 0.29) is 23.7 Å². The van der Waals surface area contributed by atoms with Gasteiger partial charge in [-0.15, -0.1) is 0 Å². The molecule has 1 heterocycles. The van der Waals surface area contributed by atoms with E-state index >= 15 is 0 Å². The van der Waals surface area contributed by atoms with Gasteiger partial charge in [-0.2, -0.15) is 4.98 Å². The lowest BCUT2D eigenvalue weighted by Crippen LogP contribution is -2.29. The zero-order chi connectivity index (χ0) is 16.8. The molecule has 2 saturated carbocycles. The second kappa shape index (κ2) is 5.69. The lowest BCUT2D eigenvalue weighted by molar-refractivity contribution is -0.123. The van der Waals surface area contributed by atoms with Crippen molar-refractivity contribution in [3.63, 3.8) is 0 Å². The number of aryl methyl sites for hydroxylation is 1. The van der Waals surface area contributed by atoms with Gasteiger partial charge < -0.3 is 9.84 Å². The molecule has 6 heteroatoms. The van der Waals surface area contributed by atoms with E-state index in [1.807, 2.05) is 6.92 Å².